The van der Waals surface area contributed by atoms with Crippen molar-refractivity contribution >= 4 is 0 Å². The Labute approximate surface area is 107 Å². The van der Waals surface area contributed by atoms with Gasteiger partial charge in [-0.1, -0.05) is 12.1 Å². The van der Waals surface area contributed by atoms with Crippen LogP contribution in [-0.2, 0) is 21.1 Å². The molecule has 2 nitrogen and oxygen atoms in total. The van der Waals surface area contributed by atoms with Crippen molar-refractivity contribution in [2.45, 2.75) is 0 Å². The van der Waals surface area contributed by atoms with E-state index in [9.17, 15) is 4.39 Å². The van der Waals surface area contributed by atoms with Crippen molar-refractivity contribution in [2.24, 2.45) is 0 Å². The summed E-state index contributed by atoms with van der Waals surface area (Å²) >= 11 is 0. The van der Waals surface area contributed by atoms with Gasteiger partial charge in [0.15, 0.2) is 0 Å². The molecule has 0 atom stereocenters. The molecule has 0 unspecified atom stereocenters. The standard InChI is InChI=1S/C12H6FN2.Pt/c13-11-5-4-9(7-10(11)8-14)12-3-1-2-6-15-12;/h1-3,5-7H;/q-1;. The molecule has 0 aliphatic rings. The summed E-state index contributed by atoms with van der Waals surface area (Å²) in [5.74, 6) is -0.558. The predicted molar refractivity (Wildman–Crippen MR) is 53.2 cm³/mol. The summed E-state index contributed by atoms with van der Waals surface area (Å²) in [5, 5.41) is 8.67. The Kier molecular flexibility index (Phi) is 4.34. The third kappa shape index (κ3) is 2.53. The number of nitriles is 1. The SMILES string of the molecule is N#Cc1cc(-c2ccccn2)[c-]cc1F.[Pt]. The van der Waals surface area contributed by atoms with Gasteiger partial charge in [-0.25, -0.2) is 0 Å². The third-order valence-electron chi connectivity index (χ3n) is 1.96. The van der Waals surface area contributed by atoms with Crippen molar-refractivity contribution in [2.75, 3.05) is 0 Å². The molecule has 1 aromatic heterocycles. The average Bonchev–Trinajstić information content (AvgIpc) is 2.31. The second-order valence-electron chi connectivity index (χ2n) is 2.94. The first kappa shape index (κ1) is 12.5. The van der Waals surface area contributed by atoms with Gasteiger partial charge in [-0.2, -0.15) is 5.26 Å². The minimum atomic E-state index is -0.558. The Hall–Kier alpha value is -1.52. The summed E-state index contributed by atoms with van der Waals surface area (Å²) in [4.78, 5) is 4.09. The zero-order valence-electron chi connectivity index (χ0n) is 8.05. The molecule has 0 aliphatic heterocycles. The van der Waals surface area contributed by atoms with Crippen LogP contribution in [0.3, 0.4) is 0 Å². The summed E-state index contributed by atoms with van der Waals surface area (Å²) in [5.41, 5.74) is 1.30. The predicted octanol–water partition coefficient (Wildman–Crippen LogP) is 2.56. The Morgan fingerprint density at radius 1 is 1.38 bits per heavy atom. The molecule has 0 bridgehead atoms. The van der Waals surface area contributed by atoms with E-state index in [1.165, 1.54) is 6.07 Å². The van der Waals surface area contributed by atoms with Crippen LogP contribution >= 0.6 is 0 Å². The monoisotopic (exact) mass is 392 g/mol. The van der Waals surface area contributed by atoms with Crippen LogP contribution in [0.5, 0.6) is 0 Å². The molecule has 0 amide bonds. The summed E-state index contributed by atoms with van der Waals surface area (Å²) < 4.78 is 13.0. The van der Waals surface area contributed by atoms with E-state index in [1.807, 2.05) is 6.07 Å². The number of hydrogen-bond acceptors (Lipinski definition) is 2. The van der Waals surface area contributed by atoms with E-state index in [0.717, 1.165) is 6.07 Å². The average molecular weight is 392 g/mol. The first-order valence-corrected chi connectivity index (χ1v) is 4.34. The number of aromatic nitrogens is 1. The number of halogens is 1. The van der Waals surface area contributed by atoms with Crippen LogP contribution in [-0.4, -0.2) is 4.98 Å². The molecular weight excluding hydrogens is 386 g/mol. The fourth-order valence-corrected chi connectivity index (χ4v) is 1.23. The molecule has 16 heavy (non-hydrogen) atoms. The Morgan fingerprint density at radius 2 is 2.19 bits per heavy atom. The van der Waals surface area contributed by atoms with Crippen molar-refractivity contribution < 1.29 is 25.5 Å². The number of benzene rings is 1. The van der Waals surface area contributed by atoms with Crippen LogP contribution in [0.2, 0.25) is 0 Å². The molecule has 0 radical (unpaired) electrons. The van der Waals surface area contributed by atoms with Crippen molar-refractivity contribution in [1.82, 2.24) is 4.98 Å². The van der Waals surface area contributed by atoms with Crippen LogP contribution in [0.25, 0.3) is 11.3 Å². The molecule has 82 valence electrons. The zero-order chi connectivity index (χ0) is 10.7. The van der Waals surface area contributed by atoms with E-state index in [-0.39, 0.29) is 26.6 Å². The topological polar surface area (TPSA) is 36.7 Å². The van der Waals surface area contributed by atoms with Crippen molar-refractivity contribution in [1.29, 1.82) is 5.26 Å². The van der Waals surface area contributed by atoms with Crippen molar-refractivity contribution in [3.8, 4) is 17.3 Å². The first-order valence-electron chi connectivity index (χ1n) is 4.34. The first-order chi connectivity index (χ1) is 7.31. The van der Waals surface area contributed by atoms with Crippen molar-refractivity contribution in [3.05, 3.63) is 54.0 Å². The molecule has 4 heteroatoms. The Bertz CT molecular complexity index is 520. The summed E-state index contributed by atoms with van der Waals surface area (Å²) in [6, 6.07) is 12.5. The van der Waals surface area contributed by atoms with E-state index in [2.05, 4.69) is 11.1 Å². The number of nitrogens with zero attached hydrogens (tertiary/aromatic N) is 2. The van der Waals surface area contributed by atoms with Gasteiger partial charge in [0.2, 0.25) is 0 Å². The normalized spacial score (nSPS) is 9.00. The van der Waals surface area contributed by atoms with Crippen LogP contribution in [0.15, 0.2) is 36.5 Å². The maximum atomic E-state index is 13.0. The van der Waals surface area contributed by atoms with Gasteiger partial charge in [0.05, 0.1) is 11.9 Å². The van der Waals surface area contributed by atoms with E-state index >= 15 is 0 Å². The molecule has 0 fully saturated rings. The zero-order valence-corrected chi connectivity index (χ0v) is 10.3. The molecule has 0 aliphatic carbocycles. The number of pyridine rings is 1. The van der Waals surface area contributed by atoms with Gasteiger partial charge in [-0.3, -0.25) is 4.39 Å². The smallest absolute Gasteiger partial charge is 0.0818 e. The van der Waals surface area contributed by atoms with E-state index < -0.39 is 5.82 Å². The second kappa shape index (κ2) is 5.53. The molecule has 1 aromatic carbocycles. The molecule has 0 spiro atoms. The molecule has 2 aromatic rings. The third-order valence-corrected chi connectivity index (χ3v) is 1.96. The molecule has 0 N–H and O–H groups in total. The largest absolute Gasteiger partial charge is 0.305 e. The van der Waals surface area contributed by atoms with E-state index in [1.54, 1.807) is 24.4 Å². The molecule has 1 heterocycles. The molecule has 0 saturated carbocycles. The fraction of sp³-hybridized carbons (Fsp3) is 0. The Balaban J connectivity index is 0.00000128. The van der Waals surface area contributed by atoms with Gasteiger partial charge in [0, 0.05) is 32.8 Å². The van der Waals surface area contributed by atoms with Crippen LogP contribution in [0.1, 0.15) is 5.56 Å². The van der Waals surface area contributed by atoms with Crippen LogP contribution < -0.4 is 0 Å². The van der Waals surface area contributed by atoms with Gasteiger partial charge < -0.3 is 4.98 Å². The minimum absolute atomic E-state index is 0. The van der Waals surface area contributed by atoms with Gasteiger partial charge in [-0.15, -0.1) is 23.8 Å². The summed E-state index contributed by atoms with van der Waals surface area (Å²) in [7, 11) is 0. The van der Waals surface area contributed by atoms with Crippen LogP contribution in [0.4, 0.5) is 4.39 Å². The van der Waals surface area contributed by atoms with Gasteiger partial charge >= 0.3 is 0 Å². The second-order valence-corrected chi connectivity index (χ2v) is 2.94. The maximum Gasteiger partial charge on any atom is 0.0818 e. The Morgan fingerprint density at radius 3 is 2.81 bits per heavy atom. The summed E-state index contributed by atoms with van der Waals surface area (Å²) in [6.45, 7) is 0. The van der Waals surface area contributed by atoms with Gasteiger partial charge in [0.1, 0.15) is 0 Å². The summed E-state index contributed by atoms with van der Waals surface area (Å²) in [6.07, 6.45) is 1.64. The molecular formula is C12H6FN2Pt-. The maximum absolute atomic E-state index is 13.0. The van der Waals surface area contributed by atoms with E-state index in [0.29, 0.717) is 11.3 Å². The number of hydrogen-bond donors (Lipinski definition) is 0. The minimum Gasteiger partial charge on any atom is -0.305 e. The van der Waals surface area contributed by atoms with E-state index in [4.69, 9.17) is 5.26 Å². The van der Waals surface area contributed by atoms with Gasteiger partial charge in [0.25, 0.3) is 0 Å². The van der Waals surface area contributed by atoms with Crippen molar-refractivity contribution in [3.63, 3.8) is 0 Å². The molecule has 0 saturated heterocycles. The van der Waals surface area contributed by atoms with Crippen LogP contribution in [0, 0.1) is 23.2 Å². The fourth-order valence-electron chi connectivity index (χ4n) is 1.23. The quantitative estimate of drug-likeness (QED) is 0.700. The number of rotatable bonds is 1. The van der Waals surface area contributed by atoms with Gasteiger partial charge in [-0.05, 0) is 11.8 Å². The molecule has 2 rings (SSSR count).